The van der Waals surface area contributed by atoms with Gasteiger partial charge in [0.25, 0.3) is 0 Å². The van der Waals surface area contributed by atoms with Crippen molar-refractivity contribution in [1.82, 2.24) is 4.31 Å². The quantitative estimate of drug-likeness (QED) is 0.823. The average molecular weight is 276 g/mol. The number of nitrogens with zero attached hydrogens (tertiary/aromatic N) is 1. The van der Waals surface area contributed by atoms with Crippen molar-refractivity contribution in [1.29, 1.82) is 0 Å². The molecular formula is C12H24N2O3S. The molecule has 0 aromatic heterocycles. The summed E-state index contributed by atoms with van der Waals surface area (Å²) < 4.78 is 31.9. The summed E-state index contributed by atoms with van der Waals surface area (Å²) >= 11 is 0. The fraction of sp³-hybridized carbons (Fsp3) is 1.00. The van der Waals surface area contributed by atoms with Crippen molar-refractivity contribution >= 4 is 10.0 Å². The zero-order valence-corrected chi connectivity index (χ0v) is 11.9. The summed E-state index contributed by atoms with van der Waals surface area (Å²) in [5, 5.41) is -0.258. The second-order valence-electron chi connectivity index (χ2n) is 5.44. The number of nitrogens with two attached hydrogens (primary N) is 1. The number of sulfonamides is 1. The Bertz CT molecular complexity index is 358. The molecule has 18 heavy (non-hydrogen) atoms. The van der Waals surface area contributed by atoms with E-state index in [1.807, 2.05) is 0 Å². The van der Waals surface area contributed by atoms with Crippen LogP contribution in [0.3, 0.4) is 0 Å². The molecule has 0 aromatic rings. The molecular weight excluding hydrogens is 252 g/mol. The zero-order valence-electron chi connectivity index (χ0n) is 11.0. The standard InChI is InChI=1S/C12H24N2O3S/c1-14(11-4-2-10(13)3-5-11)18(15,16)12-6-8-17-9-7-12/h10-12H,2-9,13H2,1H3. The Labute approximate surface area is 110 Å². The van der Waals surface area contributed by atoms with Crippen LogP contribution in [-0.2, 0) is 14.8 Å². The van der Waals surface area contributed by atoms with Crippen LogP contribution in [0.2, 0.25) is 0 Å². The minimum absolute atomic E-state index is 0.137. The molecule has 0 aromatic carbocycles. The highest BCUT2D eigenvalue weighted by Gasteiger charge is 2.35. The Hall–Kier alpha value is -0.170. The minimum atomic E-state index is -3.17. The molecule has 0 amide bonds. The van der Waals surface area contributed by atoms with Crippen LogP contribution in [0, 0.1) is 0 Å². The van der Waals surface area contributed by atoms with Crippen molar-refractivity contribution in [3.05, 3.63) is 0 Å². The van der Waals surface area contributed by atoms with Crippen LogP contribution in [0.1, 0.15) is 38.5 Å². The third-order valence-corrected chi connectivity index (χ3v) is 6.66. The summed E-state index contributed by atoms with van der Waals surface area (Å²) in [6.07, 6.45) is 4.88. The van der Waals surface area contributed by atoms with Gasteiger partial charge in [0.2, 0.25) is 10.0 Å². The SMILES string of the molecule is CN(C1CCC(N)CC1)S(=O)(=O)C1CCOCC1. The molecule has 1 saturated heterocycles. The topological polar surface area (TPSA) is 72.6 Å². The van der Waals surface area contributed by atoms with Crippen molar-refractivity contribution in [3.63, 3.8) is 0 Å². The van der Waals surface area contributed by atoms with Gasteiger partial charge in [-0.2, -0.15) is 0 Å². The summed E-state index contributed by atoms with van der Waals surface area (Å²) in [5.74, 6) is 0. The van der Waals surface area contributed by atoms with Gasteiger partial charge in [-0.05, 0) is 38.5 Å². The van der Waals surface area contributed by atoms with Crippen molar-refractivity contribution in [2.75, 3.05) is 20.3 Å². The molecule has 2 aliphatic rings. The van der Waals surface area contributed by atoms with E-state index in [4.69, 9.17) is 10.5 Å². The normalized spacial score (nSPS) is 31.7. The van der Waals surface area contributed by atoms with Gasteiger partial charge < -0.3 is 10.5 Å². The third-order valence-electron chi connectivity index (χ3n) is 4.25. The summed E-state index contributed by atoms with van der Waals surface area (Å²) in [5.41, 5.74) is 5.86. The van der Waals surface area contributed by atoms with Gasteiger partial charge in [0.05, 0.1) is 5.25 Å². The number of ether oxygens (including phenoxy) is 1. The maximum Gasteiger partial charge on any atom is 0.217 e. The molecule has 0 radical (unpaired) electrons. The average Bonchev–Trinajstić information content (AvgIpc) is 2.40. The highest BCUT2D eigenvalue weighted by Crippen LogP contribution is 2.27. The molecule has 1 aliphatic carbocycles. The first kappa shape index (κ1) is 14.2. The lowest BCUT2D eigenvalue weighted by molar-refractivity contribution is 0.0968. The summed E-state index contributed by atoms with van der Waals surface area (Å²) in [7, 11) is -1.44. The van der Waals surface area contributed by atoms with E-state index in [1.165, 1.54) is 0 Å². The lowest BCUT2D eigenvalue weighted by Gasteiger charge is -2.35. The predicted molar refractivity (Wildman–Crippen MR) is 70.8 cm³/mol. The van der Waals surface area contributed by atoms with Gasteiger partial charge in [0, 0.05) is 32.3 Å². The molecule has 0 unspecified atom stereocenters. The van der Waals surface area contributed by atoms with E-state index >= 15 is 0 Å². The van der Waals surface area contributed by atoms with Crippen molar-refractivity contribution in [3.8, 4) is 0 Å². The second kappa shape index (κ2) is 5.86. The van der Waals surface area contributed by atoms with Gasteiger partial charge in [0.15, 0.2) is 0 Å². The molecule has 5 nitrogen and oxygen atoms in total. The van der Waals surface area contributed by atoms with E-state index in [-0.39, 0.29) is 17.3 Å². The number of rotatable bonds is 3. The molecule has 0 spiro atoms. The van der Waals surface area contributed by atoms with Gasteiger partial charge in [-0.3, -0.25) is 0 Å². The van der Waals surface area contributed by atoms with Crippen LogP contribution in [-0.4, -0.2) is 50.3 Å². The Kier molecular flexibility index (Phi) is 4.64. The van der Waals surface area contributed by atoms with Gasteiger partial charge in [-0.15, -0.1) is 0 Å². The molecule has 6 heteroatoms. The van der Waals surface area contributed by atoms with Crippen LogP contribution in [0.25, 0.3) is 0 Å². The van der Waals surface area contributed by atoms with E-state index in [1.54, 1.807) is 11.4 Å². The van der Waals surface area contributed by atoms with Crippen molar-refractivity contribution in [2.45, 2.75) is 55.9 Å². The van der Waals surface area contributed by atoms with E-state index in [2.05, 4.69) is 0 Å². The summed E-state index contributed by atoms with van der Waals surface area (Å²) in [6.45, 7) is 1.13. The zero-order chi connectivity index (χ0) is 13.2. The minimum Gasteiger partial charge on any atom is -0.381 e. The second-order valence-corrected chi connectivity index (χ2v) is 7.71. The van der Waals surface area contributed by atoms with Gasteiger partial charge in [0.1, 0.15) is 0 Å². The molecule has 1 heterocycles. The fourth-order valence-electron chi connectivity index (χ4n) is 2.88. The molecule has 2 N–H and O–H groups in total. The maximum atomic E-state index is 12.5. The summed E-state index contributed by atoms with van der Waals surface area (Å²) in [6, 6.07) is 0.387. The largest absolute Gasteiger partial charge is 0.381 e. The first-order chi connectivity index (χ1) is 8.51. The van der Waals surface area contributed by atoms with Crippen LogP contribution in [0.15, 0.2) is 0 Å². The van der Waals surface area contributed by atoms with Crippen LogP contribution < -0.4 is 5.73 Å². The van der Waals surface area contributed by atoms with E-state index in [0.717, 1.165) is 25.7 Å². The van der Waals surface area contributed by atoms with Crippen LogP contribution in [0.5, 0.6) is 0 Å². The predicted octanol–water partition coefficient (Wildman–Crippen LogP) is 0.697. The molecule has 2 fully saturated rings. The molecule has 0 atom stereocenters. The number of hydrogen-bond donors (Lipinski definition) is 1. The highest BCUT2D eigenvalue weighted by molar-refractivity contribution is 7.89. The van der Waals surface area contributed by atoms with Gasteiger partial charge >= 0.3 is 0 Å². The first-order valence-electron chi connectivity index (χ1n) is 6.82. The molecule has 106 valence electrons. The Balaban J connectivity index is 2.00. The molecule has 1 aliphatic heterocycles. The first-order valence-corrected chi connectivity index (χ1v) is 8.32. The monoisotopic (exact) mass is 276 g/mol. The van der Waals surface area contributed by atoms with Gasteiger partial charge in [-0.25, -0.2) is 12.7 Å². The Morgan fingerprint density at radius 2 is 1.61 bits per heavy atom. The number of hydrogen-bond acceptors (Lipinski definition) is 4. The smallest absolute Gasteiger partial charge is 0.217 e. The maximum absolute atomic E-state index is 12.5. The Morgan fingerprint density at radius 3 is 2.17 bits per heavy atom. The molecule has 0 bridgehead atoms. The highest BCUT2D eigenvalue weighted by atomic mass is 32.2. The van der Waals surface area contributed by atoms with Gasteiger partial charge in [-0.1, -0.05) is 0 Å². The molecule has 2 rings (SSSR count). The molecule has 1 saturated carbocycles. The third kappa shape index (κ3) is 3.04. The van der Waals surface area contributed by atoms with E-state index < -0.39 is 10.0 Å². The van der Waals surface area contributed by atoms with E-state index in [0.29, 0.717) is 26.1 Å². The van der Waals surface area contributed by atoms with Crippen molar-refractivity contribution < 1.29 is 13.2 Å². The Morgan fingerprint density at radius 1 is 1.06 bits per heavy atom. The van der Waals surface area contributed by atoms with Crippen LogP contribution >= 0.6 is 0 Å². The summed E-state index contributed by atoms with van der Waals surface area (Å²) in [4.78, 5) is 0. The lowest BCUT2D eigenvalue weighted by atomic mass is 9.92. The van der Waals surface area contributed by atoms with E-state index in [9.17, 15) is 8.42 Å². The fourth-order valence-corrected chi connectivity index (χ4v) is 4.77. The lowest BCUT2D eigenvalue weighted by Crippen LogP contribution is -2.46. The van der Waals surface area contributed by atoms with Crippen molar-refractivity contribution in [2.24, 2.45) is 5.73 Å². The van der Waals surface area contributed by atoms with Crippen LogP contribution in [0.4, 0.5) is 0 Å².